The van der Waals surface area contributed by atoms with Gasteiger partial charge in [-0.3, -0.25) is 5.14 Å². The van der Waals surface area contributed by atoms with Gasteiger partial charge < -0.3 is 0 Å². The van der Waals surface area contributed by atoms with Gasteiger partial charge in [-0.25, -0.2) is 8.60 Å². The van der Waals surface area contributed by atoms with E-state index in [4.69, 9.17) is 5.14 Å². The third kappa shape index (κ3) is 3.42. The predicted octanol–water partition coefficient (Wildman–Crippen LogP) is 3.60. The first-order chi connectivity index (χ1) is 8.81. The van der Waals surface area contributed by atoms with Crippen molar-refractivity contribution in [3.8, 4) is 0 Å². The first-order valence-electron chi connectivity index (χ1n) is 6.77. The van der Waals surface area contributed by atoms with Crippen LogP contribution in [0.15, 0.2) is 18.2 Å². The molecule has 2 atom stereocenters. The van der Waals surface area contributed by atoms with Gasteiger partial charge in [0, 0.05) is 0 Å². The molecule has 1 aliphatic carbocycles. The van der Waals surface area contributed by atoms with Crippen molar-refractivity contribution in [2.45, 2.75) is 56.6 Å². The molecule has 0 aliphatic heterocycles. The molecule has 1 aromatic rings. The zero-order chi connectivity index (χ0) is 14.2. The molecule has 106 valence electrons. The minimum Gasteiger partial charge on any atom is -0.251 e. The molecule has 0 radical (unpaired) electrons. The van der Waals surface area contributed by atoms with Gasteiger partial charge in [0.05, 0.1) is 15.7 Å². The van der Waals surface area contributed by atoms with E-state index >= 15 is 0 Å². The summed E-state index contributed by atoms with van der Waals surface area (Å²) in [5.74, 6) is 0.458. The van der Waals surface area contributed by atoms with E-state index in [0.717, 1.165) is 5.56 Å². The number of nitrogens with two attached hydrogens (primary N) is 1. The Morgan fingerprint density at radius 3 is 2.63 bits per heavy atom. The van der Waals surface area contributed by atoms with Crippen LogP contribution in [-0.4, -0.2) is 8.96 Å². The van der Waals surface area contributed by atoms with Gasteiger partial charge in [0.25, 0.3) is 0 Å². The first kappa shape index (κ1) is 14.7. The van der Waals surface area contributed by atoms with E-state index in [0.29, 0.717) is 12.3 Å². The average Bonchev–Trinajstić information content (AvgIpc) is 3.12. The van der Waals surface area contributed by atoms with Crippen LogP contribution < -0.4 is 5.14 Å². The summed E-state index contributed by atoms with van der Waals surface area (Å²) in [5.41, 5.74) is 1.96. The van der Waals surface area contributed by atoms with E-state index in [1.807, 2.05) is 32.9 Å². The molecule has 0 heterocycles. The molecule has 1 fully saturated rings. The fourth-order valence-electron chi connectivity index (χ4n) is 2.54. The third-order valence-electron chi connectivity index (χ3n) is 3.94. The smallest absolute Gasteiger partial charge is 0.126 e. The molecular weight excluding hydrogens is 261 g/mol. The standard InChI is InChI=1S/C15H22FNOS/c1-10(9-15(2,3)19(17)18)13-8-12(11-4-5-11)6-7-14(13)16/h6-8,10-11H,4-5,9,17H2,1-3H3/t10-,19?/m0/s1. The maximum Gasteiger partial charge on any atom is 0.126 e. The molecule has 2 rings (SSSR count). The summed E-state index contributed by atoms with van der Waals surface area (Å²) in [7, 11) is -1.40. The van der Waals surface area contributed by atoms with E-state index in [1.165, 1.54) is 18.4 Å². The Morgan fingerprint density at radius 1 is 1.47 bits per heavy atom. The molecule has 0 amide bonds. The second-order valence-corrected chi connectivity index (χ2v) is 7.92. The Kier molecular flexibility index (Phi) is 4.11. The van der Waals surface area contributed by atoms with E-state index in [-0.39, 0.29) is 11.7 Å². The summed E-state index contributed by atoms with van der Waals surface area (Å²) in [4.78, 5) is 0. The predicted molar refractivity (Wildman–Crippen MR) is 77.8 cm³/mol. The molecule has 0 spiro atoms. The number of rotatable bonds is 5. The molecule has 1 aliphatic rings. The quantitative estimate of drug-likeness (QED) is 0.881. The minimum absolute atomic E-state index is 0.0150. The lowest BCUT2D eigenvalue weighted by Crippen LogP contribution is -2.33. The summed E-state index contributed by atoms with van der Waals surface area (Å²) in [5, 5.41) is 5.50. The van der Waals surface area contributed by atoms with Gasteiger partial charge in [-0.05, 0) is 62.1 Å². The summed E-state index contributed by atoms with van der Waals surface area (Å²) in [6.45, 7) is 5.70. The summed E-state index contributed by atoms with van der Waals surface area (Å²) in [6, 6.07) is 5.43. The highest BCUT2D eigenvalue weighted by Gasteiger charge is 2.29. The number of hydrogen-bond donors (Lipinski definition) is 1. The summed E-state index contributed by atoms with van der Waals surface area (Å²) < 4.78 is 25.0. The van der Waals surface area contributed by atoms with Gasteiger partial charge in [0.15, 0.2) is 0 Å². The maximum absolute atomic E-state index is 14.0. The van der Waals surface area contributed by atoms with Crippen LogP contribution in [-0.2, 0) is 11.0 Å². The molecule has 1 unspecified atom stereocenters. The van der Waals surface area contributed by atoms with Crippen LogP contribution in [0.5, 0.6) is 0 Å². The van der Waals surface area contributed by atoms with Crippen LogP contribution in [0, 0.1) is 5.82 Å². The van der Waals surface area contributed by atoms with Crippen LogP contribution in [0.1, 0.15) is 63.0 Å². The summed E-state index contributed by atoms with van der Waals surface area (Å²) in [6.07, 6.45) is 3.02. The monoisotopic (exact) mass is 283 g/mol. The van der Waals surface area contributed by atoms with Crippen LogP contribution in [0.25, 0.3) is 0 Å². The Labute approximate surface area is 117 Å². The zero-order valence-corrected chi connectivity index (χ0v) is 12.6. The minimum atomic E-state index is -1.40. The van der Waals surface area contributed by atoms with Crippen molar-refractivity contribution in [3.05, 3.63) is 35.1 Å². The Hall–Kier alpha value is -0.740. The van der Waals surface area contributed by atoms with Crippen LogP contribution in [0.4, 0.5) is 4.39 Å². The Balaban J connectivity index is 2.20. The van der Waals surface area contributed by atoms with Crippen LogP contribution >= 0.6 is 0 Å². The highest BCUT2D eigenvalue weighted by atomic mass is 32.2. The molecular formula is C15H22FNOS. The molecule has 1 aromatic carbocycles. The SMILES string of the molecule is C[C@@H](CC(C)(C)S(N)=O)c1cc(C2CC2)ccc1F. The molecule has 0 aromatic heterocycles. The second kappa shape index (κ2) is 5.33. The number of halogens is 1. The Morgan fingerprint density at radius 2 is 2.11 bits per heavy atom. The van der Waals surface area contributed by atoms with Gasteiger partial charge in [0.1, 0.15) is 5.82 Å². The molecule has 0 saturated heterocycles. The van der Waals surface area contributed by atoms with Crippen molar-refractivity contribution >= 4 is 11.0 Å². The fourth-order valence-corrected chi connectivity index (χ4v) is 2.95. The Bertz CT molecular complexity index is 497. The van der Waals surface area contributed by atoms with Crippen LogP contribution in [0.2, 0.25) is 0 Å². The lowest BCUT2D eigenvalue weighted by Gasteiger charge is -2.25. The molecule has 0 bridgehead atoms. The van der Waals surface area contributed by atoms with E-state index in [1.54, 1.807) is 6.07 Å². The van der Waals surface area contributed by atoms with E-state index < -0.39 is 15.7 Å². The lowest BCUT2D eigenvalue weighted by molar-refractivity contribution is 0.516. The van der Waals surface area contributed by atoms with Gasteiger partial charge in [-0.2, -0.15) is 0 Å². The highest BCUT2D eigenvalue weighted by Crippen LogP contribution is 2.41. The van der Waals surface area contributed by atoms with Gasteiger partial charge in [0.2, 0.25) is 0 Å². The van der Waals surface area contributed by atoms with Crippen molar-refractivity contribution in [1.29, 1.82) is 0 Å². The second-order valence-electron chi connectivity index (χ2n) is 6.22. The van der Waals surface area contributed by atoms with Crippen molar-refractivity contribution in [1.82, 2.24) is 0 Å². The third-order valence-corrected chi connectivity index (χ3v) is 5.20. The van der Waals surface area contributed by atoms with Gasteiger partial charge in [-0.15, -0.1) is 0 Å². The normalized spacial score (nSPS) is 19.2. The largest absolute Gasteiger partial charge is 0.251 e. The topological polar surface area (TPSA) is 43.1 Å². The van der Waals surface area contributed by atoms with Crippen molar-refractivity contribution in [3.63, 3.8) is 0 Å². The van der Waals surface area contributed by atoms with Crippen molar-refractivity contribution < 1.29 is 8.60 Å². The highest BCUT2D eigenvalue weighted by molar-refractivity contribution is 7.84. The van der Waals surface area contributed by atoms with E-state index in [9.17, 15) is 8.60 Å². The zero-order valence-electron chi connectivity index (χ0n) is 11.8. The molecule has 19 heavy (non-hydrogen) atoms. The average molecular weight is 283 g/mol. The van der Waals surface area contributed by atoms with Crippen molar-refractivity contribution in [2.75, 3.05) is 0 Å². The van der Waals surface area contributed by atoms with Crippen molar-refractivity contribution in [2.24, 2.45) is 5.14 Å². The molecule has 4 heteroatoms. The van der Waals surface area contributed by atoms with Crippen LogP contribution in [0.3, 0.4) is 0 Å². The number of hydrogen-bond acceptors (Lipinski definition) is 1. The lowest BCUT2D eigenvalue weighted by atomic mass is 9.89. The van der Waals surface area contributed by atoms with Gasteiger partial charge >= 0.3 is 0 Å². The maximum atomic E-state index is 14.0. The fraction of sp³-hybridized carbons (Fsp3) is 0.600. The van der Waals surface area contributed by atoms with Gasteiger partial charge in [-0.1, -0.05) is 19.1 Å². The van der Waals surface area contributed by atoms with E-state index in [2.05, 4.69) is 0 Å². The summed E-state index contributed by atoms with van der Waals surface area (Å²) >= 11 is 0. The first-order valence-corrected chi connectivity index (χ1v) is 7.98. The molecule has 2 N–H and O–H groups in total. The molecule has 2 nitrogen and oxygen atoms in total. The molecule has 1 saturated carbocycles. The number of benzene rings is 1.